The summed E-state index contributed by atoms with van der Waals surface area (Å²) in [7, 11) is 0. The third kappa shape index (κ3) is 3.69. The lowest BCUT2D eigenvalue weighted by atomic mass is 9.77. The summed E-state index contributed by atoms with van der Waals surface area (Å²) in [4.78, 5) is 23.4. The average Bonchev–Trinajstić information content (AvgIpc) is 3.21. The molecule has 8 nitrogen and oxygen atoms in total. The Morgan fingerprint density at radius 3 is 2.00 bits per heavy atom. The van der Waals surface area contributed by atoms with E-state index in [1.54, 1.807) is 42.5 Å². The summed E-state index contributed by atoms with van der Waals surface area (Å²) < 4.78 is 11.8. The Morgan fingerprint density at radius 2 is 1.36 bits per heavy atom. The Hall–Kier alpha value is -5.50. The summed E-state index contributed by atoms with van der Waals surface area (Å²) in [5.41, 5.74) is 7.77. The van der Waals surface area contributed by atoms with Gasteiger partial charge in [-0.2, -0.15) is 0 Å². The third-order valence-corrected chi connectivity index (χ3v) is 6.85. The number of hydrogen-bond donors (Lipinski definition) is 4. The topological polar surface area (TPSA) is 139 Å². The molecule has 1 spiro atoms. The van der Waals surface area contributed by atoms with Crippen LogP contribution >= 0.6 is 0 Å². The summed E-state index contributed by atoms with van der Waals surface area (Å²) in [6.45, 7) is 0. The minimum atomic E-state index is -1.17. The van der Waals surface area contributed by atoms with Crippen LogP contribution in [-0.4, -0.2) is 27.3 Å². The van der Waals surface area contributed by atoms with Crippen molar-refractivity contribution >= 4 is 28.4 Å². The standard InChI is InChI=1S/C20H12O5.C11H9NO2/c21-11-5-7-15-17(9-11)24-18-10-12(22)6-8-16(18)20(15)14-4-2-1-3-13(14)19(23)25-20;12-9-6-2-4-7-3-1-5-8(10(7)9)11(13)14/h1-10,21-22H;1-6H,12H2,(H,13,14). The summed E-state index contributed by atoms with van der Waals surface area (Å²) >= 11 is 0. The molecule has 5 aromatic rings. The van der Waals surface area contributed by atoms with E-state index in [1.165, 1.54) is 24.3 Å². The number of aromatic hydroxyl groups is 2. The number of phenolic OH excluding ortho intramolecular Hbond substituents is 2. The number of esters is 1. The zero-order valence-corrected chi connectivity index (χ0v) is 20.3. The number of fused-ring (bicyclic) bond motifs is 7. The van der Waals surface area contributed by atoms with Crippen molar-refractivity contribution in [1.82, 2.24) is 0 Å². The molecule has 0 atom stereocenters. The molecule has 0 aromatic heterocycles. The average molecular weight is 520 g/mol. The normalized spacial score (nSPS) is 13.8. The van der Waals surface area contributed by atoms with Crippen molar-refractivity contribution in [3.05, 3.63) is 125 Å². The summed E-state index contributed by atoms with van der Waals surface area (Å²) in [5.74, 6) is -0.542. The van der Waals surface area contributed by atoms with Gasteiger partial charge >= 0.3 is 11.9 Å². The molecular weight excluding hydrogens is 498 g/mol. The maximum atomic E-state index is 12.5. The van der Waals surface area contributed by atoms with Crippen LogP contribution in [0.5, 0.6) is 23.0 Å². The fraction of sp³-hybridized carbons (Fsp3) is 0.0323. The number of carboxylic acids is 1. The molecule has 0 unspecified atom stereocenters. The first-order valence-electron chi connectivity index (χ1n) is 12.0. The van der Waals surface area contributed by atoms with Gasteiger partial charge in [-0.1, -0.05) is 42.5 Å². The Labute approximate surface area is 222 Å². The van der Waals surface area contributed by atoms with Crippen LogP contribution < -0.4 is 10.5 Å². The van der Waals surface area contributed by atoms with E-state index in [2.05, 4.69) is 0 Å². The van der Waals surface area contributed by atoms with Crippen LogP contribution in [0.3, 0.4) is 0 Å². The summed E-state index contributed by atoms with van der Waals surface area (Å²) in [6.07, 6.45) is 0. The molecule has 0 fully saturated rings. The second kappa shape index (κ2) is 8.81. The van der Waals surface area contributed by atoms with Crippen LogP contribution in [-0.2, 0) is 10.3 Å². The molecule has 0 radical (unpaired) electrons. The maximum absolute atomic E-state index is 12.5. The largest absolute Gasteiger partial charge is 0.508 e. The number of carbonyl (C=O) groups is 2. The first-order valence-corrected chi connectivity index (χ1v) is 12.0. The van der Waals surface area contributed by atoms with Crippen LogP contribution in [0.4, 0.5) is 5.69 Å². The number of benzene rings is 5. The van der Waals surface area contributed by atoms with E-state index in [4.69, 9.17) is 20.3 Å². The van der Waals surface area contributed by atoms with Crippen LogP contribution in [0.15, 0.2) is 97.1 Å². The molecule has 0 bridgehead atoms. The smallest absolute Gasteiger partial charge is 0.340 e. The minimum absolute atomic E-state index is 0.0371. The van der Waals surface area contributed by atoms with E-state index < -0.39 is 17.5 Å². The van der Waals surface area contributed by atoms with Gasteiger partial charge in [0.2, 0.25) is 0 Å². The number of nitrogens with two attached hydrogens (primary N) is 1. The number of aromatic carboxylic acids is 1. The maximum Gasteiger partial charge on any atom is 0.340 e. The number of ether oxygens (including phenoxy) is 2. The van der Waals surface area contributed by atoms with Gasteiger partial charge in [-0.3, -0.25) is 0 Å². The lowest BCUT2D eigenvalue weighted by Gasteiger charge is -2.36. The van der Waals surface area contributed by atoms with Crippen molar-refractivity contribution in [2.45, 2.75) is 5.60 Å². The van der Waals surface area contributed by atoms with Gasteiger partial charge in [0.15, 0.2) is 5.60 Å². The first-order chi connectivity index (χ1) is 18.8. The number of carbonyl (C=O) groups excluding carboxylic acids is 1. The summed E-state index contributed by atoms with van der Waals surface area (Å²) in [5, 5.41) is 30.1. The lowest BCUT2D eigenvalue weighted by Crippen LogP contribution is -2.32. The Balaban J connectivity index is 0.000000168. The van der Waals surface area contributed by atoms with Gasteiger partial charge in [-0.15, -0.1) is 0 Å². The zero-order valence-electron chi connectivity index (χ0n) is 20.3. The predicted molar refractivity (Wildman–Crippen MR) is 143 cm³/mol. The quantitative estimate of drug-likeness (QED) is 0.161. The van der Waals surface area contributed by atoms with Crippen molar-refractivity contribution in [3.63, 3.8) is 0 Å². The highest BCUT2D eigenvalue weighted by atomic mass is 16.6. The molecule has 0 saturated heterocycles. The van der Waals surface area contributed by atoms with E-state index in [0.717, 1.165) is 5.39 Å². The molecular formula is C31H21NO7. The molecule has 2 aliphatic rings. The molecule has 0 aliphatic carbocycles. The third-order valence-electron chi connectivity index (χ3n) is 6.85. The molecule has 2 heterocycles. The molecule has 2 aliphatic heterocycles. The van der Waals surface area contributed by atoms with Crippen molar-refractivity contribution < 1.29 is 34.4 Å². The van der Waals surface area contributed by atoms with Gasteiger partial charge in [0.1, 0.15) is 23.0 Å². The number of nitrogen functional groups attached to an aromatic ring is 1. The highest BCUT2D eigenvalue weighted by Crippen LogP contribution is 2.56. The van der Waals surface area contributed by atoms with Crippen LogP contribution in [0.2, 0.25) is 0 Å². The van der Waals surface area contributed by atoms with E-state index >= 15 is 0 Å². The monoisotopic (exact) mass is 519 g/mol. The van der Waals surface area contributed by atoms with Crippen LogP contribution in [0.1, 0.15) is 37.4 Å². The second-order valence-corrected chi connectivity index (χ2v) is 9.14. The number of anilines is 1. The molecule has 7 rings (SSSR count). The number of phenols is 2. The first kappa shape index (κ1) is 23.9. The van der Waals surface area contributed by atoms with Crippen LogP contribution in [0.25, 0.3) is 10.8 Å². The van der Waals surface area contributed by atoms with E-state index in [-0.39, 0.29) is 17.1 Å². The zero-order chi connectivity index (χ0) is 27.3. The molecule has 0 amide bonds. The highest BCUT2D eigenvalue weighted by molar-refractivity contribution is 6.08. The van der Waals surface area contributed by atoms with Gasteiger partial charge in [0, 0.05) is 39.9 Å². The van der Waals surface area contributed by atoms with Crippen molar-refractivity contribution in [3.8, 4) is 23.0 Å². The summed E-state index contributed by atoms with van der Waals surface area (Å²) in [6, 6.07) is 27.1. The number of hydrogen-bond acceptors (Lipinski definition) is 7. The predicted octanol–water partition coefficient (Wildman–Crippen LogP) is 5.79. The molecule has 5 aromatic carbocycles. The SMILES string of the molecule is Nc1cccc2cccc(C(=O)O)c12.O=C1OC2(c3ccc(O)cc3Oc3cc(O)ccc32)c2ccccc21. The fourth-order valence-electron chi connectivity index (χ4n) is 5.20. The van der Waals surface area contributed by atoms with Crippen LogP contribution in [0, 0.1) is 0 Å². The molecule has 39 heavy (non-hydrogen) atoms. The molecule has 8 heteroatoms. The van der Waals surface area contributed by atoms with Crippen molar-refractivity contribution in [1.29, 1.82) is 0 Å². The van der Waals surface area contributed by atoms with Gasteiger partial charge in [0.25, 0.3) is 0 Å². The molecule has 0 saturated carbocycles. The van der Waals surface area contributed by atoms with Crippen molar-refractivity contribution in [2.24, 2.45) is 0 Å². The van der Waals surface area contributed by atoms with Gasteiger partial charge < -0.3 is 30.5 Å². The molecule has 5 N–H and O–H groups in total. The highest BCUT2D eigenvalue weighted by Gasteiger charge is 2.53. The Kier molecular flexibility index (Phi) is 5.39. The Bertz CT molecular complexity index is 1750. The van der Waals surface area contributed by atoms with Gasteiger partial charge in [0.05, 0.1) is 11.1 Å². The van der Waals surface area contributed by atoms with Gasteiger partial charge in [-0.25, -0.2) is 9.59 Å². The fourth-order valence-corrected chi connectivity index (χ4v) is 5.20. The second-order valence-electron chi connectivity index (χ2n) is 9.14. The lowest BCUT2D eigenvalue weighted by molar-refractivity contribution is 0.0224. The van der Waals surface area contributed by atoms with E-state index in [1.807, 2.05) is 30.3 Å². The Morgan fingerprint density at radius 1 is 0.744 bits per heavy atom. The van der Waals surface area contributed by atoms with E-state index in [9.17, 15) is 19.8 Å². The number of rotatable bonds is 1. The molecule has 192 valence electrons. The van der Waals surface area contributed by atoms with E-state index in [0.29, 0.717) is 44.8 Å². The minimum Gasteiger partial charge on any atom is -0.508 e. The number of carboxylic acid groups (broad SMARTS) is 1. The van der Waals surface area contributed by atoms with Crippen molar-refractivity contribution in [2.75, 3.05) is 5.73 Å². The van der Waals surface area contributed by atoms with Gasteiger partial charge in [-0.05, 0) is 47.9 Å².